The number of methoxy groups -OCH3 is 1. The van der Waals surface area contributed by atoms with Gasteiger partial charge in [-0.1, -0.05) is 0 Å². The summed E-state index contributed by atoms with van der Waals surface area (Å²) < 4.78 is 7.23. The van der Waals surface area contributed by atoms with E-state index in [4.69, 9.17) is 9.84 Å². The molecule has 0 radical (unpaired) electrons. The van der Waals surface area contributed by atoms with Crippen molar-refractivity contribution in [1.29, 1.82) is 0 Å². The van der Waals surface area contributed by atoms with E-state index in [1.54, 1.807) is 13.3 Å². The second-order valence-corrected chi connectivity index (χ2v) is 6.75. The fourth-order valence-corrected chi connectivity index (χ4v) is 3.39. The third-order valence-electron chi connectivity index (χ3n) is 4.84. The van der Waals surface area contributed by atoms with Gasteiger partial charge in [0, 0.05) is 18.7 Å². The lowest BCUT2D eigenvalue weighted by Crippen LogP contribution is -2.25. The van der Waals surface area contributed by atoms with Gasteiger partial charge in [-0.2, -0.15) is 0 Å². The topological polar surface area (TPSA) is 80.5 Å². The first-order chi connectivity index (χ1) is 13.2. The van der Waals surface area contributed by atoms with Crippen LogP contribution in [0.5, 0.6) is 5.75 Å². The summed E-state index contributed by atoms with van der Waals surface area (Å²) in [5.74, 6) is 1.26. The molecule has 2 N–H and O–H groups in total. The van der Waals surface area contributed by atoms with E-state index in [-0.39, 0.29) is 5.91 Å². The van der Waals surface area contributed by atoms with Crippen LogP contribution < -0.4 is 15.4 Å². The minimum Gasteiger partial charge on any atom is -0.496 e. The van der Waals surface area contributed by atoms with Crippen molar-refractivity contribution < 1.29 is 9.53 Å². The smallest absolute Gasteiger partial charge is 0.255 e. The molecule has 7 heteroatoms. The Bertz CT molecular complexity index is 995. The van der Waals surface area contributed by atoms with Gasteiger partial charge in [0.1, 0.15) is 11.6 Å². The van der Waals surface area contributed by atoms with Gasteiger partial charge in [-0.25, -0.2) is 9.50 Å². The molecule has 1 aromatic carbocycles. The lowest BCUT2D eigenvalue weighted by molar-refractivity contribution is 0.0950. The summed E-state index contributed by atoms with van der Waals surface area (Å²) >= 11 is 0. The van der Waals surface area contributed by atoms with Crippen LogP contribution in [-0.2, 0) is 0 Å². The van der Waals surface area contributed by atoms with E-state index in [2.05, 4.69) is 15.6 Å². The molecule has 1 aliphatic rings. The molecule has 0 aliphatic carbocycles. The molecule has 3 heterocycles. The van der Waals surface area contributed by atoms with Crippen molar-refractivity contribution in [3.05, 3.63) is 41.6 Å². The van der Waals surface area contributed by atoms with Crippen molar-refractivity contribution >= 4 is 17.4 Å². The Morgan fingerprint density at radius 3 is 2.74 bits per heavy atom. The van der Waals surface area contributed by atoms with Crippen molar-refractivity contribution in [1.82, 2.24) is 19.9 Å². The average molecular weight is 365 g/mol. The second kappa shape index (κ2) is 7.26. The maximum atomic E-state index is 12.7. The number of nitrogens with zero attached hydrogens (tertiary/aromatic N) is 3. The molecule has 0 unspecified atom stereocenters. The highest BCUT2D eigenvalue weighted by atomic mass is 16.5. The second-order valence-electron chi connectivity index (χ2n) is 6.75. The SMILES string of the molecule is COc1ccc2cc1C(=O)NCCCCCNc1cc(C)c3ncc-2n3n1. The summed E-state index contributed by atoms with van der Waals surface area (Å²) in [7, 11) is 1.57. The van der Waals surface area contributed by atoms with Gasteiger partial charge in [-0.3, -0.25) is 4.79 Å². The van der Waals surface area contributed by atoms with Crippen LogP contribution in [0.25, 0.3) is 16.9 Å². The number of nitrogens with one attached hydrogen (secondary N) is 2. The van der Waals surface area contributed by atoms with Gasteiger partial charge < -0.3 is 15.4 Å². The Kier molecular flexibility index (Phi) is 4.66. The average Bonchev–Trinajstić information content (AvgIpc) is 3.10. The first-order valence-corrected chi connectivity index (χ1v) is 9.23. The minimum atomic E-state index is -0.125. The third-order valence-corrected chi connectivity index (χ3v) is 4.84. The van der Waals surface area contributed by atoms with Crippen molar-refractivity contribution in [3.8, 4) is 17.0 Å². The number of hydrogen-bond acceptors (Lipinski definition) is 5. The van der Waals surface area contributed by atoms with Gasteiger partial charge >= 0.3 is 0 Å². The summed E-state index contributed by atoms with van der Waals surface area (Å²) in [4.78, 5) is 17.2. The molecule has 4 bridgehead atoms. The summed E-state index contributed by atoms with van der Waals surface area (Å²) in [6.45, 7) is 3.52. The standard InChI is InChI=1S/C20H23N5O2/c1-13-10-18-21-8-4-3-5-9-22-20(26)15-11-14(6-7-17(15)27-2)16-12-23-19(13)25(16)24-18/h6-7,10-12H,3-5,8-9H2,1-2H3,(H,21,24)(H,22,26). The third kappa shape index (κ3) is 3.32. The fourth-order valence-electron chi connectivity index (χ4n) is 3.39. The molecule has 1 aliphatic heterocycles. The predicted molar refractivity (Wildman–Crippen MR) is 104 cm³/mol. The normalized spacial score (nSPS) is 15.0. The van der Waals surface area contributed by atoms with Crippen molar-refractivity contribution in [3.63, 3.8) is 0 Å². The van der Waals surface area contributed by atoms with Gasteiger partial charge in [0.2, 0.25) is 0 Å². The number of carbonyl (C=O) groups excluding carboxylic acids is 1. The lowest BCUT2D eigenvalue weighted by Gasteiger charge is -2.11. The highest BCUT2D eigenvalue weighted by Gasteiger charge is 2.17. The molecule has 3 aromatic rings. The van der Waals surface area contributed by atoms with Crippen LogP contribution in [-0.4, -0.2) is 40.7 Å². The van der Waals surface area contributed by atoms with Crippen LogP contribution in [0.3, 0.4) is 0 Å². The molecular formula is C20H23N5O2. The Morgan fingerprint density at radius 1 is 1.11 bits per heavy atom. The van der Waals surface area contributed by atoms with E-state index in [0.29, 0.717) is 17.9 Å². The van der Waals surface area contributed by atoms with E-state index in [9.17, 15) is 4.79 Å². The fraction of sp³-hybridized carbons (Fsp3) is 0.350. The maximum Gasteiger partial charge on any atom is 0.255 e. The Balaban J connectivity index is 1.88. The van der Waals surface area contributed by atoms with E-state index in [1.165, 1.54) is 0 Å². The molecule has 27 heavy (non-hydrogen) atoms. The number of aryl methyl sites for hydroxylation is 1. The van der Waals surface area contributed by atoms with Crippen LogP contribution in [0.1, 0.15) is 35.2 Å². The lowest BCUT2D eigenvalue weighted by atomic mass is 10.1. The van der Waals surface area contributed by atoms with Crippen LogP contribution in [0.4, 0.5) is 5.82 Å². The molecule has 140 valence electrons. The number of aromatic nitrogens is 3. The quantitative estimate of drug-likeness (QED) is 0.693. The molecule has 1 amide bonds. The van der Waals surface area contributed by atoms with E-state index >= 15 is 0 Å². The van der Waals surface area contributed by atoms with Gasteiger partial charge in [-0.05, 0) is 56.0 Å². The predicted octanol–water partition coefficient (Wildman–Crippen LogP) is 3.04. The Hall–Kier alpha value is -3.09. The van der Waals surface area contributed by atoms with Crippen LogP contribution >= 0.6 is 0 Å². The van der Waals surface area contributed by atoms with Gasteiger partial charge in [0.25, 0.3) is 5.91 Å². The number of fused-ring (bicyclic) bond motifs is 4. The van der Waals surface area contributed by atoms with Gasteiger partial charge in [-0.15, -0.1) is 5.10 Å². The number of anilines is 1. The zero-order valence-electron chi connectivity index (χ0n) is 15.6. The van der Waals surface area contributed by atoms with Crippen LogP contribution in [0, 0.1) is 6.92 Å². The molecule has 2 aromatic heterocycles. The molecular weight excluding hydrogens is 342 g/mol. The maximum absolute atomic E-state index is 12.7. The molecule has 0 fully saturated rings. The highest BCUT2D eigenvalue weighted by molar-refractivity contribution is 5.98. The molecule has 4 rings (SSSR count). The van der Waals surface area contributed by atoms with E-state index < -0.39 is 0 Å². The zero-order chi connectivity index (χ0) is 18.8. The Morgan fingerprint density at radius 2 is 1.93 bits per heavy atom. The summed E-state index contributed by atoms with van der Waals surface area (Å²) in [6.07, 6.45) is 4.77. The summed E-state index contributed by atoms with van der Waals surface area (Å²) in [5.41, 5.74) is 4.08. The first kappa shape index (κ1) is 17.3. The number of imidazole rings is 1. The van der Waals surface area contributed by atoms with Crippen LogP contribution in [0.2, 0.25) is 0 Å². The van der Waals surface area contributed by atoms with E-state index in [1.807, 2.05) is 35.7 Å². The van der Waals surface area contributed by atoms with Gasteiger partial charge in [0.05, 0.1) is 24.6 Å². The number of carbonyl (C=O) groups is 1. The van der Waals surface area contributed by atoms with Crippen molar-refractivity contribution in [2.75, 3.05) is 25.5 Å². The number of ether oxygens (including phenoxy) is 1. The zero-order valence-corrected chi connectivity index (χ0v) is 15.6. The molecule has 0 spiro atoms. The summed E-state index contributed by atoms with van der Waals surface area (Å²) in [6, 6.07) is 7.61. The minimum absolute atomic E-state index is 0.125. The van der Waals surface area contributed by atoms with E-state index in [0.717, 1.165) is 54.1 Å². The largest absolute Gasteiger partial charge is 0.496 e. The number of hydrogen-bond donors (Lipinski definition) is 2. The van der Waals surface area contributed by atoms with Gasteiger partial charge in [0.15, 0.2) is 5.65 Å². The molecule has 0 saturated heterocycles. The highest BCUT2D eigenvalue weighted by Crippen LogP contribution is 2.28. The van der Waals surface area contributed by atoms with Crippen LogP contribution in [0.15, 0.2) is 30.5 Å². The summed E-state index contributed by atoms with van der Waals surface area (Å²) in [5, 5.41) is 11.1. The molecule has 7 nitrogen and oxygen atoms in total. The first-order valence-electron chi connectivity index (χ1n) is 9.23. The Labute approximate surface area is 157 Å². The molecule has 0 atom stereocenters. The van der Waals surface area contributed by atoms with Crippen molar-refractivity contribution in [2.45, 2.75) is 26.2 Å². The monoisotopic (exact) mass is 365 g/mol. The number of benzene rings is 1. The number of amides is 1. The number of rotatable bonds is 1. The molecule has 0 saturated carbocycles. The van der Waals surface area contributed by atoms with Crippen molar-refractivity contribution in [2.24, 2.45) is 0 Å².